The molecule has 1 aromatic heterocycles. The van der Waals surface area contributed by atoms with Crippen LogP contribution in [0.1, 0.15) is 12.5 Å². The highest BCUT2D eigenvalue weighted by Crippen LogP contribution is 2.14. The molecule has 2 rings (SSSR count). The minimum atomic E-state index is 0.300. The lowest BCUT2D eigenvalue weighted by molar-refractivity contribution is 0.312. The topological polar surface area (TPSA) is 81.2 Å². The van der Waals surface area contributed by atoms with E-state index in [2.05, 4.69) is 25.6 Å². The van der Waals surface area contributed by atoms with Crippen LogP contribution in [-0.2, 0) is 6.54 Å². The number of ether oxygens (including phenoxy) is 2. The monoisotopic (exact) mass is 289 g/mol. The summed E-state index contributed by atoms with van der Waals surface area (Å²) in [7, 11) is 3.39. The molecule has 21 heavy (non-hydrogen) atoms. The number of nitrogens with zero attached hydrogens (tertiary/aromatic N) is 3. The fraction of sp³-hybridized carbons (Fsp3) is 0.357. The molecule has 0 unspecified atom stereocenters. The Hall–Kier alpha value is -2.57. The van der Waals surface area contributed by atoms with Gasteiger partial charge in [-0.1, -0.05) is 12.1 Å². The molecule has 0 spiro atoms. The largest absolute Gasteiger partial charge is 0.497 e. The van der Waals surface area contributed by atoms with Gasteiger partial charge in [0.05, 0.1) is 13.7 Å². The molecule has 0 aliphatic heterocycles. The highest BCUT2D eigenvalue weighted by Gasteiger charge is 2.06. The maximum absolute atomic E-state index is 5.31. The van der Waals surface area contributed by atoms with Crippen LogP contribution in [0.5, 0.6) is 11.8 Å². The molecule has 0 radical (unpaired) electrons. The van der Waals surface area contributed by atoms with Crippen LogP contribution in [0.3, 0.4) is 0 Å². The number of hydrogen-bond acceptors (Lipinski definition) is 7. The van der Waals surface area contributed by atoms with Crippen molar-refractivity contribution in [2.45, 2.75) is 13.5 Å². The molecule has 0 aliphatic rings. The second-order valence-electron chi connectivity index (χ2n) is 4.15. The Bertz CT molecular complexity index is 574. The van der Waals surface area contributed by atoms with Crippen molar-refractivity contribution in [1.29, 1.82) is 0 Å². The van der Waals surface area contributed by atoms with Crippen molar-refractivity contribution >= 4 is 11.9 Å². The lowest BCUT2D eigenvalue weighted by Crippen LogP contribution is -2.09. The van der Waals surface area contributed by atoms with Crippen LogP contribution in [-0.4, -0.2) is 35.7 Å². The Kier molecular flexibility index (Phi) is 5.14. The summed E-state index contributed by atoms with van der Waals surface area (Å²) in [6, 6.07) is 8.09. The van der Waals surface area contributed by atoms with Gasteiger partial charge in [-0.3, -0.25) is 0 Å². The van der Waals surface area contributed by atoms with Crippen LogP contribution in [0, 0.1) is 0 Å². The summed E-state index contributed by atoms with van der Waals surface area (Å²) in [5.74, 6) is 1.76. The van der Waals surface area contributed by atoms with Gasteiger partial charge >= 0.3 is 6.01 Å². The molecule has 0 amide bonds. The molecule has 112 valence electrons. The number of aromatic nitrogens is 3. The predicted octanol–water partition coefficient (Wildman–Crippen LogP) is 1.93. The fourth-order valence-corrected chi connectivity index (χ4v) is 1.67. The van der Waals surface area contributed by atoms with E-state index in [0.29, 0.717) is 31.1 Å². The smallest absolute Gasteiger partial charge is 0.323 e. The first-order valence-corrected chi connectivity index (χ1v) is 6.68. The molecule has 7 nitrogen and oxygen atoms in total. The third-order valence-electron chi connectivity index (χ3n) is 2.72. The summed E-state index contributed by atoms with van der Waals surface area (Å²) in [4.78, 5) is 12.5. The van der Waals surface area contributed by atoms with Gasteiger partial charge in [0.15, 0.2) is 0 Å². The number of rotatable bonds is 7. The normalized spacial score (nSPS) is 10.0. The van der Waals surface area contributed by atoms with E-state index in [9.17, 15) is 0 Å². The van der Waals surface area contributed by atoms with E-state index >= 15 is 0 Å². The predicted molar refractivity (Wildman–Crippen MR) is 80.9 cm³/mol. The third kappa shape index (κ3) is 4.20. The van der Waals surface area contributed by atoms with E-state index in [-0.39, 0.29) is 0 Å². The van der Waals surface area contributed by atoms with Crippen molar-refractivity contribution < 1.29 is 9.47 Å². The van der Waals surface area contributed by atoms with Gasteiger partial charge in [0.25, 0.3) is 0 Å². The van der Waals surface area contributed by atoms with Crippen LogP contribution in [0.2, 0.25) is 0 Å². The Morgan fingerprint density at radius 3 is 2.38 bits per heavy atom. The maximum atomic E-state index is 5.31. The first kappa shape index (κ1) is 14.8. The third-order valence-corrected chi connectivity index (χ3v) is 2.72. The van der Waals surface area contributed by atoms with Gasteiger partial charge in [0.2, 0.25) is 11.9 Å². The number of anilines is 2. The van der Waals surface area contributed by atoms with Gasteiger partial charge in [-0.05, 0) is 24.6 Å². The molecule has 0 saturated heterocycles. The Morgan fingerprint density at radius 2 is 1.76 bits per heavy atom. The van der Waals surface area contributed by atoms with Gasteiger partial charge in [-0.15, -0.1) is 0 Å². The summed E-state index contributed by atoms with van der Waals surface area (Å²) < 4.78 is 10.4. The van der Waals surface area contributed by atoms with E-state index in [0.717, 1.165) is 11.3 Å². The molecule has 0 atom stereocenters. The molecule has 0 aliphatic carbocycles. The highest BCUT2D eigenvalue weighted by atomic mass is 16.5. The summed E-state index contributed by atoms with van der Waals surface area (Å²) in [6.07, 6.45) is 0. The van der Waals surface area contributed by atoms with Crippen LogP contribution < -0.4 is 20.1 Å². The fourth-order valence-electron chi connectivity index (χ4n) is 1.67. The first-order chi connectivity index (χ1) is 10.2. The zero-order valence-electron chi connectivity index (χ0n) is 12.4. The van der Waals surface area contributed by atoms with E-state index in [1.165, 1.54) is 0 Å². The van der Waals surface area contributed by atoms with Crippen molar-refractivity contribution in [1.82, 2.24) is 15.0 Å². The quantitative estimate of drug-likeness (QED) is 0.806. The minimum Gasteiger partial charge on any atom is -0.497 e. The van der Waals surface area contributed by atoms with Crippen molar-refractivity contribution in [3.05, 3.63) is 29.8 Å². The van der Waals surface area contributed by atoms with E-state index in [1.807, 2.05) is 31.2 Å². The second kappa shape index (κ2) is 7.28. The standard InChI is InChI=1S/C14H19N5O2/c1-4-21-14-18-12(15-2)17-13(19-14)16-9-10-5-7-11(20-3)8-6-10/h5-8H,4,9H2,1-3H3,(H2,15,16,17,18,19). The zero-order chi connectivity index (χ0) is 15.1. The van der Waals surface area contributed by atoms with Crippen molar-refractivity contribution in [2.24, 2.45) is 0 Å². The zero-order valence-corrected chi connectivity index (χ0v) is 12.4. The molecule has 2 N–H and O–H groups in total. The molecule has 0 saturated carbocycles. The molecular weight excluding hydrogens is 270 g/mol. The van der Waals surface area contributed by atoms with E-state index in [4.69, 9.17) is 9.47 Å². The molecule has 2 aromatic rings. The van der Waals surface area contributed by atoms with Gasteiger partial charge in [-0.2, -0.15) is 15.0 Å². The van der Waals surface area contributed by atoms with Gasteiger partial charge in [0, 0.05) is 13.6 Å². The lowest BCUT2D eigenvalue weighted by Gasteiger charge is -2.09. The molecule has 1 heterocycles. The second-order valence-corrected chi connectivity index (χ2v) is 4.15. The summed E-state index contributed by atoms with van der Waals surface area (Å²) >= 11 is 0. The van der Waals surface area contributed by atoms with Crippen LogP contribution in [0.4, 0.5) is 11.9 Å². The molecule has 0 bridgehead atoms. The Morgan fingerprint density at radius 1 is 1.05 bits per heavy atom. The maximum Gasteiger partial charge on any atom is 0.323 e. The molecule has 1 aromatic carbocycles. The molecule has 7 heteroatoms. The number of nitrogens with one attached hydrogen (secondary N) is 2. The SMILES string of the molecule is CCOc1nc(NC)nc(NCc2ccc(OC)cc2)n1. The number of benzene rings is 1. The Balaban J connectivity index is 2.05. The van der Waals surface area contributed by atoms with Crippen molar-refractivity contribution in [2.75, 3.05) is 31.4 Å². The van der Waals surface area contributed by atoms with Crippen LogP contribution >= 0.6 is 0 Å². The van der Waals surface area contributed by atoms with Crippen molar-refractivity contribution in [3.8, 4) is 11.8 Å². The first-order valence-electron chi connectivity index (χ1n) is 6.68. The summed E-state index contributed by atoms with van der Waals surface area (Å²) in [5, 5.41) is 6.03. The van der Waals surface area contributed by atoms with Crippen molar-refractivity contribution in [3.63, 3.8) is 0 Å². The van der Waals surface area contributed by atoms with Gasteiger partial charge < -0.3 is 20.1 Å². The molecule has 0 fully saturated rings. The molecular formula is C14H19N5O2. The number of methoxy groups -OCH3 is 1. The van der Waals surface area contributed by atoms with E-state index < -0.39 is 0 Å². The summed E-state index contributed by atoms with van der Waals surface area (Å²) in [6.45, 7) is 2.99. The summed E-state index contributed by atoms with van der Waals surface area (Å²) in [5.41, 5.74) is 1.10. The minimum absolute atomic E-state index is 0.300. The number of hydrogen-bond donors (Lipinski definition) is 2. The van der Waals surface area contributed by atoms with E-state index in [1.54, 1.807) is 14.2 Å². The lowest BCUT2D eigenvalue weighted by atomic mass is 10.2. The highest BCUT2D eigenvalue weighted by molar-refractivity contribution is 5.37. The van der Waals surface area contributed by atoms with Gasteiger partial charge in [-0.25, -0.2) is 0 Å². The Labute approximate surface area is 123 Å². The van der Waals surface area contributed by atoms with Crippen LogP contribution in [0.15, 0.2) is 24.3 Å². The average molecular weight is 289 g/mol. The van der Waals surface area contributed by atoms with Gasteiger partial charge in [0.1, 0.15) is 5.75 Å². The van der Waals surface area contributed by atoms with Crippen LogP contribution in [0.25, 0.3) is 0 Å². The average Bonchev–Trinajstić information content (AvgIpc) is 2.53.